The van der Waals surface area contributed by atoms with Crippen LogP contribution in [0.4, 0.5) is 11.8 Å². The van der Waals surface area contributed by atoms with E-state index < -0.39 is 0 Å². The zero-order chi connectivity index (χ0) is 13.5. The molecule has 4 nitrogen and oxygen atoms in total. The number of nitrogens with zero attached hydrogens (tertiary/aromatic N) is 2. The monoisotopic (exact) mass is 262 g/mol. The van der Waals surface area contributed by atoms with Crippen LogP contribution in [-0.4, -0.2) is 22.1 Å². The molecule has 1 aromatic rings. The van der Waals surface area contributed by atoms with E-state index in [0.717, 1.165) is 18.2 Å². The topological polar surface area (TPSA) is 49.8 Å². The molecule has 0 saturated heterocycles. The van der Waals surface area contributed by atoms with Crippen LogP contribution in [0.3, 0.4) is 0 Å². The van der Waals surface area contributed by atoms with E-state index in [1.807, 2.05) is 12.3 Å². The number of rotatable bonds is 5. The van der Waals surface area contributed by atoms with Gasteiger partial charge in [0.1, 0.15) is 5.82 Å². The number of anilines is 2. The lowest BCUT2D eigenvalue weighted by Gasteiger charge is -2.18. The van der Waals surface area contributed by atoms with Crippen molar-refractivity contribution in [1.29, 1.82) is 0 Å². The van der Waals surface area contributed by atoms with Gasteiger partial charge < -0.3 is 10.6 Å². The average molecular weight is 262 g/mol. The first kappa shape index (κ1) is 14.1. The van der Waals surface area contributed by atoms with Crippen molar-refractivity contribution < 1.29 is 0 Å². The van der Waals surface area contributed by atoms with Crippen molar-refractivity contribution in [2.75, 3.05) is 10.6 Å². The summed E-state index contributed by atoms with van der Waals surface area (Å²) in [4.78, 5) is 8.83. The van der Waals surface area contributed by atoms with Crippen LogP contribution in [0.25, 0.3) is 0 Å². The van der Waals surface area contributed by atoms with Crippen LogP contribution in [0.1, 0.15) is 58.8 Å². The van der Waals surface area contributed by atoms with E-state index in [2.05, 4.69) is 34.4 Å². The van der Waals surface area contributed by atoms with Gasteiger partial charge >= 0.3 is 0 Å². The molecule has 0 bridgehead atoms. The normalized spacial score (nSPS) is 18.6. The summed E-state index contributed by atoms with van der Waals surface area (Å²) in [5.74, 6) is 1.68. The fourth-order valence-electron chi connectivity index (χ4n) is 2.46. The molecule has 1 aromatic heterocycles. The molecule has 1 aliphatic rings. The Morgan fingerprint density at radius 3 is 2.68 bits per heavy atom. The zero-order valence-electron chi connectivity index (χ0n) is 12.2. The Morgan fingerprint density at radius 2 is 2.00 bits per heavy atom. The Labute approximate surface area is 116 Å². The molecule has 2 N–H and O–H groups in total. The molecule has 0 radical (unpaired) electrons. The summed E-state index contributed by atoms with van der Waals surface area (Å²) in [6.07, 6.45) is 10.9. The Kier molecular flexibility index (Phi) is 5.43. The second kappa shape index (κ2) is 7.31. The van der Waals surface area contributed by atoms with Gasteiger partial charge in [0.05, 0.1) is 0 Å². The minimum absolute atomic E-state index is 0.410. The average Bonchev–Trinajstić information content (AvgIpc) is 2.67. The summed E-state index contributed by atoms with van der Waals surface area (Å²) in [5.41, 5.74) is 0. The highest BCUT2D eigenvalue weighted by Crippen LogP contribution is 2.20. The zero-order valence-corrected chi connectivity index (χ0v) is 12.2. The first-order valence-electron chi connectivity index (χ1n) is 7.64. The lowest BCUT2D eigenvalue weighted by atomic mass is 10.1. The van der Waals surface area contributed by atoms with Crippen LogP contribution in [0.2, 0.25) is 0 Å². The number of hydrogen-bond donors (Lipinski definition) is 2. The van der Waals surface area contributed by atoms with E-state index in [1.54, 1.807) is 0 Å². The molecule has 1 saturated carbocycles. The number of nitrogens with one attached hydrogen (secondary N) is 2. The standard InChI is InChI=1S/C15H26N4/c1-3-12(2)17-15-16-11-10-14(19-15)18-13-8-6-4-5-7-9-13/h10-13H,3-9H2,1-2H3,(H2,16,17,18,19). The van der Waals surface area contributed by atoms with Gasteiger partial charge in [-0.25, -0.2) is 4.98 Å². The molecule has 1 fully saturated rings. The van der Waals surface area contributed by atoms with Crippen LogP contribution in [-0.2, 0) is 0 Å². The Morgan fingerprint density at radius 1 is 1.26 bits per heavy atom. The maximum atomic E-state index is 4.55. The van der Waals surface area contributed by atoms with Crippen molar-refractivity contribution in [1.82, 2.24) is 9.97 Å². The lowest BCUT2D eigenvalue weighted by molar-refractivity contribution is 0.617. The molecule has 4 heteroatoms. The minimum Gasteiger partial charge on any atom is -0.367 e. The minimum atomic E-state index is 0.410. The van der Waals surface area contributed by atoms with Crippen LogP contribution in [0, 0.1) is 0 Å². The SMILES string of the molecule is CCC(C)Nc1nccc(NC2CCCCCC2)n1. The van der Waals surface area contributed by atoms with E-state index in [9.17, 15) is 0 Å². The van der Waals surface area contributed by atoms with Crippen LogP contribution in [0.15, 0.2) is 12.3 Å². The van der Waals surface area contributed by atoms with E-state index >= 15 is 0 Å². The third-order valence-corrected chi connectivity index (χ3v) is 3.85. The molecule has 0 aliphatic heterocycles. The van der Waals surface area contributed by atoms with Crippen LogP contribution in [0.5, 0.6) is 0 Å². The van der Waals surface area contributed by atoms with Crippen molar-refractivity contribution >= 4 is 11.8 Å². The second-order valence-corrected chi connectivity index (χ2v) is 5.55. The Bertz CT molecular complexity index is 372. The molecule has 1 atom stereocenters. The molecule has 106 valence electrons. The van der Waals surface area contributed by atoms with E-state index in [-0.39, 0.29) is 0 Å². The first-order chi connectivity index (χ1) is 9.28. The molecule has 1 heterocycles. The Balaban J connectivity index is 1.93. The van der Waals surface area contributed by atoms with Crippen molar-refractivity contribution in [3.8, 4) is 0 Å². The van der Waals surface area contributed by atoms with E-state index in [0.29, 0.717) is 12.1 Å². The molecule has 2 rings (SSSR count). The fourth-order valence-corrected chi connectivity index (χ4v) is 2.46. The molecule has 0 amide bonds. The second-order valence-electron chi connectivity index (χ2n) is 5.55. The van der Waals surface area contributed by atoms with Gasteiger partial charge in [0, 0.05) is 18.3 Å². The predicted octanol–water partition coefficient (Wildman–Crippen LogP) is 3.82. The smallest absolute Gasteiger partial charge is 0.224 e. The highest BCUT2D eigenvalue weighted by Gasteiger charge is 2.12. The van der Waals surface area contributed by atoms with Gasteiger partial charge in [0.2, 0.25) is 5.95 Å². The van der Waals surface area contributed by atoms with Crippen LogP contribution >= 0.6 is 0 Å². The maximum absolute atomic E-state index is 4.55. The third kappa shape index (κ3) is 4.69. The molecule has 1 aliphatic carbocycles. The van der Waals surface area contributed by atoms with Gasteiger partial charge in [-0.2, -0.15) is 4.98 Å². The maximum Gasteiger partial charge on any atom is 0.224 e. The first-order valence-corrected chi connectivity index (χ1v) is 7.64. The quantitative estimate of drug-likeness (QED) is 0.792. The number of hydrogen-bond acceptors (Lipinski definition) is 4. The van der Waals surface area contributed by atoms with Crippen molar-refractivity contribution in [2.24, 2.45) is 0 Å². The molecular formula is C15H26N4. The molecule has 0 aromatic carbocycles. The van der Waals surface area contributed by atoms with Gasteiger partial charge in [-0.1, -0.05) is 32.6 Å². The summed E-state index contributed by atoms with van der Waals surface area (Å²) < 4.78 is 0. The molecule has 1 unspecified atom stereocenters. The Hall–Kier alpha value is -1.32. The molecular weight excluding hydrogens is 236 g/mol. The predicted molar refractivity (Wildman–Crippen MR) is 80.5 cm³/mol. The van der Waals surface area contributed by atoms with Crippen LogP contribution < -0.4 is 10.6 Å². The summed E-state index contributed by atoms with van der Waals surface area (Å²) >= 11 is 0. The highest BCUT2D eigenvalue weighted by molar-refractivity contribution is 5.40. The summed E-state index contributed by atoms with van der Waals surface area (Å²) in [7, 11) is 0. The summed E-state index contributed by atoms with van der Waals surface area (Å²) in [6, 6.07) is 2.95. The largest absolute Gasteiger partial charge is 0.367 e. The van der Waals surface area contributed by atoms with Crippen molar-refractivity contribution in [3.63, 3.8) is 0 Å². The van der Waals surface area contributed by atoms with Gasteiger partial charge in [0.25, 0.3) is 0 Å². The lowest BCUT2D eigenvalue weighted by Crippen LogP contribution is -2.20. The summed E-state index contributed by atoms with van der Waals surface area (Å²) in [6.45, 7) is 4.31. The van der Waals surface area contributed by atoms with E-state index in [1.165, 1.54) is 38.5 Å². The fraction of sp³-hybridized carbons (Fsp3) is 0.733. The number of aromatic nitrogens is 2. The van der Waals surface area contributed by atoms with Gasteiger partial charge in [-0.05, 0) is 32.3 Å². The highest BCUT2D eigenvalue weighted by atomic mass is 15.2. The van der Waals surface area contributed by atoms with Crippen molar-refractivity contribution in [3.05, 3.63) is 12.3 Å². The van der Waals surface area contributed by atoms with Crippen molar-refractivity contribution in [2.45, 2.75) is 70.9 Å². The summed E-state index contributed by atoms with van der Waals surface area (Å²) in [5, 5.41) is 6.88. The van der Waals surface area contributed by atoms with Gasteiger partial charge in [0.15, 0.2) is 0 Å². The molecule has 19 heavy (non-hydrogen) atoms. The van der Waals surface area contributed by atoms with Gasteiger partial charge in [-0.3, -0.25) is 0 Å². The van der Waals surface area contributed by atoms with E-state index in [4.69, 9.17) is 0 Å². The third-order valence-electron chi connectivity index (χ3n) is 3.85. The molecule has 0 spiro atoms. The van der Waals surface area contributed by atoms with Gasteiger partial charge in [-0.15, -0.1) is 0 Å².